The van der Waals surface area contributed by atoms with Crippen molar-refractivity contribution in [1.29, 1.82) is 0 Å². The molecule has 2 rings (SSSR count). The van der Waals surface area contributed by atoms with Crippen LogP contribution in [0.2, 0.25) is 5.02 Å². The van der Waals surface area contributed by atoms with Crippen LogP contribution in [-0.2, 0) is 6.54 Å². The fraction of sp³-hybridized carbons (Fsp3) is 0.143. The first-order valence-electron chi connectivity index (χ1n) is 6.07. The second-order valence-electron chi connectivity index (χ2n) is 4.19. The summed E-state index contributed by atoms with van der Waals surface area (Å²) in [5.41, 5.74) is 0.631. The van der Waals surface area contributed by atoms with Gasteiger partial charge in [0.1, 0.15) is 5.75 Å². The maximum atomic E-state index is 11.1. The molecule has 0 heterocycles. The molecule has 0 atom stereocenters. The molecule has 0 amide bonds. The molecular formula is C14H12BrClN2O3. The lowest BCUT2D eigenvalue weighted by atomic mass is 10.2. The van der Waals surface area contributed by atoms with Gasteiger partial charge in [-0.05, 0) is 41.2 Å². The standard InChI is InChI=1S/C14H12BrClN2O3/c1-17-8-9-11(16)5-3-7-13(9)21-14-10(15)4-2-6-12(14)18(19)20/h2-7,17H,8H2,1H3. The van der Waals surface area contributed by atoms with Crippen LogP contribution in [0.4, 0.5) is 5.69 Å². The Labute approximate surface area is 135 Å². The summed E-state index contributed by atoms with van der Waals surface area (Å²) in [6.45, 7) is 0.493. The molecule has 21 heavy (non-hydrogen) atoms. The van der Waals surface area contributed by atoms with Gasteiger partial charge in [0.05, 0.1) is 9.40 Å². The first kappa shape index (κ1) is 15.8. The molecule has 2 aromatic rings. The number of hydrogen-bond acceptors (Lipinski definition) is 4. The van der Waals surface area contributed by atoms with Crippen molar-refractivity contribution in [3.8, 4) is 11.5 Å². The van der Waals surface area contributed by atoms with Gasteiger partial charge in [0.15, 0.2) is 0 Å². The Morgan fingerprint density at radius 1 is 1.33 bits per heavy atom. The molecule has 110 valence electrons. The van der Waals surface area contributed by atoms with E-state index in [9.17, 15) is 10.1 Å². The maximum Gasteiger partial charge on any atom is 0.312 e. The van der Waals surface area contributed by atoms with E-state index in [1.54, 1.807) is 37.4 Å². The van der Waals surface area contributed by atoms with Gasteiger partial charge in [-0.15, -0.1) is 0 Å². The van der Waals surface area contributed by atoms with Gasteiger partial charge >= 0.3 is 5.69 Å². The highest BCUT2D eigenvalue weighted by molar-refractivity contribution is 9.10. The van der Waals surface area contributed by atoms with Crippen molar-refractivity contribution >= 4 is 33.2 Å². The van der Waals surface area contributed by atoms with Crippen molar-refractivity contribution in [2.45, 2.75) is 6.54 Å². The molecule has 1 N–H and O–H groups in total. The molecular weight excluding hydrogens is 360 g/mol. The van der Waals surface area contributed by atoms with E-state index in [-0.39, 0.29) is 11.4 Å². The second kappa shape index (κ2) is 6.89. The van der Waals surface area contributed by atoms with Gasteiger partial charge in [-0.3, -0.25) is 10.1 Å². The molecule has 0 fully saturated rings. The van der Waals surface area contributed by atoms with E-state index in [0.29, 0.717) is 21.8 Å². The van der Waals surface area contributed by atoms with Crippen LogP contribution in [0.1, 0.15) is 5.56 Å². The minimum Gasteiger partial charge on any atom is -0.449 e. The van der Waals surface area contributed by atoms with Gasteiger partial charge in [-0.1, -0.05) is 23.7 Å². The van der Waals surface area contributed by atoms with E-state index in [2.05, 4.69) is 21.2 Å². The highest BCUT2D eigenvalue weighted by atomic mass is 79.9. The zero-order valence-corrected chi connectivity index (χ0v) is 13.4. The summed E-state index contributed by atoms with van der Waals surface area (Å²) in [6.07, 6.45) is 0. The van der Waals surface area contributed by atoms with Crippen molar-refractivity contribution in [3.63, 3.8) is 0 Å². The van der Waals surface area contributed by atoms with E-state index in [4.69, 9.17) is 16.3 Å². The minimum absolute atomic E-state index is 0.111. The molecule has 0 unspecified atom stereocenters. The third kappa shape index (κ3) is 3.53. The predicted octanol–water partition coefficient (Wildman–Crippen LogP) is 4.52. The zero-order chi connectivity index (χ0) is 15.4. The van der Waals surface area contributed by atoms with Gasteiger partial charge < -0.3 is 10.1 Å². The zero-order valence-electron chi connectivity index (χ0n) is 11.1. The number of rotatable bonds is 5. The largest absolute Gasteiger partial charge is 0.449 e. The normalized spacial score (nSPS) is 10.4. The molecule has 0 saturated heterocycles. The molecule has 7 heteroatoms. The number of nitro benzene ring substituents is 1. The van der Waals surface area contributed by atoms with E-state index < -0.39 is 4.92 Å². The number of nitrogens with one attached hydrogen (secondary N) is 1. The highest BCUT2D eigenvalue weighted by Crippen LogP contribution is 2.40. The molecule has 0 aliphatic rings. The van der Waals surface area contributed by atoms with Gasteiger partial charge in [-0.2, -0.15) is 0 Å². The number of nitrogens with zero attached hydrogens (tertiary/aromatic N) is 1. The van der Waals surface area contributed by atoms with Crippen LogP contribution < -0.4 is 10.1 Å². The first-order chi connectivity index (χ1) is 10.0. The lowest BCUT2D eigenvalue weighted by Crippen LogP contribution is -2.07. The topological polar surface area (TPSA) is 64.4 Å². The Bertz CT molecular complexity index is 679. The minimum atomic E-state index is -0.484. The molecule has 0 aromatic heterocycles. The summed E-state index contributed by atoms with van der Waals surface area (Å²) in [5, 5.41) is 14.6. The van der Waals surface area contributed by atoms with Crippen LogP contribution >= 0.6 is 27.5 Å². The van der Waals surface area contributed by atoms with Crippen LogP contribution in [0.25, 0.3) is 0 Å². The number of hydrogen-bond donors (Lipinski definition) is 1. The smallest absolute Gasteiger partial charge is 0.312 e. The SMILES string of the molecule is CNCc1c(Cl)cccc1Oc1c(Br)cccc1[N+](=O)[O-]. The fourth-order valence-corrected chi connectivity index (χ4v) is 2.50. The number of benzene rings is 2. The first-order valence-corrected chi connectivity index (χ1v) is 7.24. The van der Waals surface area contributed by atoms with Crippen LogP contribution in [-0.4, -0.2) is 12.0 Å². The summed E-state index contributed by atoms with van der Waals surface area (Å²) >= 11 is 9.43. The van der Waals surface area contributed by atoms with Crippen molar-refractivity contribution < 1.29 is 9.66 Å². The summed E-state index contributed by atoms with van der Waals surface area (Å²) in [7, 11) is 1.79. The summed E-state index contributed by atoms with van der Waals surface area (Å²) < 4.78 is 6.26. The van der Waals surface area contributed by atoms with Crippen LogP contribution in [0.15, 0.2) is 40.9 Å². The van der Waals surface area contributed by atoms with Crippen LogP contribution in [0.3, 0.4) is 0 Å². The number of halogens is 2. The number of nitro groups is 1. The Balaban J connectivity index is 2.48. The van der Waals surface area contributed by atoms with E-state index in [0.717, 1.165) is 5.56 Å². The Morgan fingerprint density at radius 2 is 2.05 bits per heavy atom. The summed E-state index contributed by atoms with van der Waals surface area (Å²) in [6, 6.07) is 9.87. The van der Waals surface area contributed by atoms with Crippen molar-refractivity contribution in [2.75, 3.05) is 7.05 Å². The molecule has 0 saturated carbocycles. The number of ether oxygens (including phenoxy) is 1. The lowest BCUT2D eigenvalue weighted by molar-refractivity contribution is -0.385. The summed E-state index contributed by atoms with van der Waals surface area (Å²) in [4.78, 5) is 10.6. The average molecular weight is 372 g/mol. The monoisotopic (exact) mass is 370 g/mol. The van der Waals surface area contributed by atoms with E-state index in [1.165, 1.54) is 6.07 Å². The molecule has 0 bridgehead atoms. The van der Waals surface area contributed by atoms with Gasteiger partial charge in [-0.25, -0.2) is 0 Å². The van der Waals surface area contributed by atoms with Crippen molar-refractivity contribution in [3.05, 3.63) is 61.6 Å². The van der Waals surface area contributed by atoms with Gasteiger partial charge in [0.25, 0.3) is 0 Å². The third-order valence-electron chi connectivity index (χ3n) is 2.78. The third-order valence-corrected chi connectivity index (χ3v) is 3.76. The predicted molar refractivity (Wildman–Crippen MR) is 85.1 cm³/mol. The van der Waals surface area contributed by atoms with E-state index >= 15 is 0 Å². The summed E-state index contributed by atoms with van der Waals surface area (Å²) in [5.74, 6) is 0.633. The average Bonchev–Trinajstić information content (AvgIpc) is 2.44. The Hall–Kier alpha value is -1.63. The molecule has 2 aromatic carbocycles. The Morgan fingerprint density at radius 3 is 2.71 bits per heavy atom. The maximum absolute atomic E-state index is 11.1. The van der Waals surface area contributed by atoms with Gasteiger partial charge in [0.2, 0.25) is 5.75 Å². The molecule has 5 nitrogen and oxygen atoms in total. The van der Waals surface area contributed by atoms with Crippen LogP contribution in [0, 0.1) is 10.1 Å². The highest BCUT2D eigenvalue weighted by Gasteiger charge is 2.20. The van der Waals surface area contributed by atoms with E-state index in [1.807, 2.05) is 0 Å². The second-order valence-corrected chi connectivity index (χ2v) is 5.46. The quantitative estimate of drug-likeness (QED) is 0.620. The number of para-hydroxylation sites is 1. The molecule has 0 aliphatic carbocycles. The van der Waals surface area contributed by atoms with Crippen molar-refractivity contribution in [2.24, 2.45) is 0 Å². The molecule has 0 aliphatic heterocycles. The molecule has 0 radical (unpaired) electrons. The molecule has 0 spiro atoms. The lowest BCUT2D eigenvalue weighted by Gasteiger charge is -2.13. The van der Waals surface area contributed by atoms with Crippen molar-refractivity contribution in [1.82, 2.24) is 5.32 Å². The Kier molecular flexibility index (Phi) is 5.17. The van der Waals surface area contributed by atoms with Crippen LogP contribution in [0.5, 0.6) is 11.5 Å². The fourth-order valence-electron chi connectivity index (χ4n) is 1.84. The van der Waals surface area contributed by atoms with Gasteiger partial charge in [0, 0.05) is 23.2 Å².